The molecule has 0 heterocycles. The van der Waals surface area contributed by atoms with Crippen molar-refractivity contribution in [3.05, 3.63) is 29.8 Å². The average Bonchev–Trinajstić information content (AvgIpc) is 2.25. The quantitative estimate of drug-likeness (QED) is 0.853. The fourth-order valence-corrected chi connectivity index (χ4v) is 3.10. The first-order chi connectivity index (χ1) is 8.36. The number of carboxylic acid groups (broad SMARTS) is 1. The van der Waals surface area contributed by atoms with E-state index in [1.165, 1.54) is 0 Å². The van der Waals surface area contributed by atoms with Gasteiger partial charge in [0.1, 0.15) is 6.54 Å². The maximum atomic E-state index is 12.0. The molecule has 1 aromatic carbocycles. The van der Waals surface area contributed by atoms with Gasteiger partial charge in [-0.2, -0.15) is 0 Å². The zero-order chi connectivity index (χ0) is 13.8. The van der Waals surface area contributed by atoms with Gasteiger partial charge >= 0.3 is 5.97 Å². The predicted molar refractivity (Wildman–Crippen MR) is 70.2 cm³/mol. The van der Waals surface area contributed by atoms with Crippen LogP contribution in [0.3, 0.4) is 0 Å². The molecule has 0 radical (unpaired) electrons. The van der Waals surface area contributed by atoms with Crippen LogP contribution < -0.4 is 4.31 Å². The second kappa shape index (κ2) is 5.86. The van der Waals surface area contributed by atoms with Gasteiger partial charge in [-0.05, 0) is 31.0 Å². The van der Waals surface area contributed by atoms with E-state index >= 15 is 0 Å². The molecule has 5 nitrogen and oxygen atoms in total. The van der Waals surface area contributed by atoms with Crippen LogP contribution in [0.15, 0.2) is 24.3 Å². The molecule has 1 N–H and O–H groups in total. The van der Waals surface area contributed by atoms with Gasteiger partial charge in [0.05, 0.1) is 11.4 Å². The summed E-state index contributed by atoms with van der Waals surface area (Å²) in [6.07, 6.45) is 0.449. The second-order valence-electron chi connectivity index (χ2n) is 4.06. The number of aliphatic carboxylic acids is 1. The highest BCUT2D eigenvalue weighted by Gasteiger charge is 2.23. The number of nitrogens with zero attached hydrogens (tertiary/aromatic N) is 1. The summed E-state index contributed by atoms with van der Waals surface area (Å²) in [6.45, 7) is 3.02. The Morgan fingerprint density at radius 2 is 2.06 bits per heavy atom. The largest absolute Gasteiger partial charge is 0.480 e. The Kier molecular flexibility index (Phi) is 4.72. The lowest BCUT2D eigenvalue weighted by atomic mass is 10.2. The lowest BCUT2D eigenvalue weighted by Gasteiger charge is -2.22. The molecule has 1 aromatic rings. The molecule has 1 rings (SSSR count). The van der Waals surface area contributed by atoms with E-state index in [0.29, 0.717) is 12.1 Å². The van der Waals surface area contributed by atoms with Gasteiger partial charge in [-0.25, -0.2) is 8.42 Å². The molecule has 6 heteroatoms. The summed E-state index contributed by atoms with van der Waals surface area (Å²) in [5, 5.41) is 8.84. The molecule has 0 aromatic heterocycles. The van der Waals surface area contributed by atoms with Gasteiger partial charge in [0, 0.05) is 0 Å². The van der Waals surface area contributed by atoms with Crippen molar-refractivity contribution in [3.8, 4) is 0 Å². The molecule has 0 amide bonds. The number of carbonyl (C=O) groups is 1. The monoisotopic (exact) mass is 271 g/mol. The minimum atomic E-state index is -3.58. The Balaban J connectivity index is 3.17. The van der Waals surface area contributed by atoms with Gasteiger partial charge in [0.2, 0.25) is 10.0 Å². The van der Waals surface area contributed by atoms with Crippen molar-refractivity contribution in [2.75, 3.05) is 16.6 Å². The van der Waals surface area contributed by atoms with Crippen LogP contribution in [-0.2, 0) is 14.8 Å². The molecule has 0 aliphatic rings. The van der Waals surface area contributed by atoms with Crippen molar-refractivity contribution >= 4 is 21.7 Å². The molecule has 0 aliphatic heterocycles. The molecule has 0 saturated heterocycles. The molecule has 0 atom stereocenters. The minimum absolute atomic E-state index is 0.0613. The number of hydrogen-bond donors (Lipinski definition) is 1. The molecule has 0 unspecified atom stereocenters. The number of aryl methyl sites for hydroxylation is 1. The second-order valence-corrected chi connectivity index (χ2v) is 6.07. The third-order valence-corrected chi connectivity index (χ3v) is 4.30. The highest BCUT2D eigenvalue weighted by Crippen LogP contribution is 2.19. The number of sulfonamides is 1. The molecule has 18 heavy (non-hydrogen) atoms. The number of carboxylic acids is 1. The van der Waals surface area contributed by atoms with Gasteiger partial charge in [0.25, 0.3) is 0 Å². The third kappa shape index (κ3) is 3.73. The average molecular weight is 271 g/mol. The van der Waals surface area contributed by atoms with Crippen molar-refractivity contribution in [2.24, 2.45) is 0 Å². The Morgan fingerprint density at radius 3 is 2.56 bits per heavy atom. The van der Waals surface area contributed by atoms with E-state index in [9.17, 15) is 13.2 Å². The van der Waals surface area contributed by atoms with E-state index < -0.39 is 22.5 Å². The summed E-state index contributed by atoms with van der Waals surface area (Å²) in [6, 6.07) is 6.80. The van der Waals surface area contributed by atoms with Crippen molar-refractivity contribution < 1.29 is 18.3 Å². The Morgan fingerprint density at radius 1 is 1.39 bits per heavy atom. The highest BCUT2D eigenvalue weighted by molar-refractivity contribution is 7.92. The molecule has 100 valence electrons. The van der Waals surface area contributed by atoms with Crippen LogP contribution in [0.2, 0.25) is 0 Å². The SMILES string of the molecule is CCCS(=O)(=O)N(CC(=O)O)c1cccc(C)c1. The summed E-state index contributed by atoms with van der Waals surface area (Å²) in [5.74, 6) is -1.23. The number of benzene rings is 1. The molecule has 0 fully saturated rings. The fourth-order valence-electron chi connectivity index (χ4n) is 1.62. The number of rotatable bonds is 6. The first-order valence-electron chi connectivity index (χ1n) is 5.65. The summed E-state index contributed by atoms with van der Waals surface area (Å²) >= 11 is 0. The van der Waals surface area contributed by atoms with Gasteiger partial charge in [0.15, 0.2) is 0 Å². The molecule has 0 aliphatic carbocycles. The van der Waals surface area contributed by atoms with Gasteiger partial charge in [-0.15, -0.1) is 0 Å². The van der Waals surface area contributed by atoms with Crippen LogP contribution in [0.25, 0.3) is 0 Å². The van der Waals surface area contributed by atoms with E-state index in [0.717, 1.165) is 9.87 Å². The Hall–Kier alpha value is -1.56. The van der Waals surface area contributed by atoms with Crippen LogP contribution in [0.1, 0.15) is 18.9 Å². The first kappa shape index (κ1) is 14.5. The molecular weight excluding hydrogens is 254 g/mol. The zero-order valence-electron chi connectivity index (χ0n) is 10.5. The van der Waals surface area contributed by atoms with Gasteiger partial charge in [-0.1, -0.05) is 19.1 Å². The van der Waals surface area contributed by atoms with Crippen molar-refractivity contribution in [3.63, 3.8) is 0 Å². The first-order valence-corrected chi connectivity index (χ1v) is 7.26. The Labute approximate surface area is 107 Å². The van der Waals surface area contributed by atoms with E-state index in [2.05, 4.69) is 0 Å². The Bertz CT molecular complexity index is 525. The van der Waals surface area contributed by atoms with Crippen molar-refractivity contribution in [1.29, 1.82) is 0 Å². The maximum Gasteiger partial charge on any atom is 0.324 e. The molecule has 0 saturated carbocycles. The lowest BCUT2D eigenvalue weighted by molar-refractivity contribution is -0.135. The van der Waals surface area contributed by atoms with E-state index in [1.54, 1.807) is 25.1 Å². The fraction of sp³-hybridized carbons (Fsp3) is 0.417. The maximum absolute atomic E-state index is 12.0. The summed E-state index contributed by atoms with van der Waals surface area (Å²) in [5.41, 5.74) is 1.28. The van der Waals surface area contributed by atoms with Gasteiger partial charge < -0.3 is 5.11 Å². The van der Waals surface area contributed by atoms with Crippen LogP contribution >= 0.6 is 0 Å². The smallest absolute Gasteiger partial charge is 0.324 e. The van der Waals surface area contributed by atoms with Crippen LogP contribution in [0.4, 0.5) is 5.69 Å². The standard InChI is InChI=1S/C12H17NO4S/c1-3-7-18(16,17)13(9-12(14)15)11-6-4-5-10(2)8-11/h4-6,8H,3,7,9H2,1-2H3,(H,14,15). The summed E-state index contributed by atoms with van der Waals surface area (Å²) < 4.78 is 25.0. The van der Waals surface area contributed by atoms with Crippen LogP contribution in [0, 0.1) is 6.92 Å². The predicted octanol–water partition coefficient (Wildman–Crippen LogP) is 1.63. The van der Waals surface area contributed by atoms with E-state index in [1.807, 2.05) is 13.0 Å². The number of hydrogen-bond acceptors (Lipinski definition) is 3. The van der Waals surface area contributed by atoms with Crippen LogP contribution in [0.5, 0.6) is 0 Å². The summed E-state index contributed by atoms with van der Waals surface area (Å²) in [7, 11) is -3.58. The third-order valence-electron chi connectivity index (χ3n) is 2.37. The molecular formula is C12H17NO4S. The van der Waals surface area contributed by atoms with Crippen molar-refractivity contribution in [2.45, 2.75) is 20.3 Å². The molecule has 0 spiro atoms. The zero-order valence-corrected chi connectivity index (χ0v) is 11.3. The molecule has 0 bridgehead atoms. The summed E-state index contributed by atoms with van der Waals surface area (Å²) in [4.78, 5) is 10.8. The normalized spacial score (nSPS) is 11.2. The lowest BCUT2D eigenvalue weighted by Crippen LogP contribution is -2.37. The van der Waals surface area contributed by atoms with Crippen molar-refractivity contribution in [1.82, 2.24) is 0 Å². The van der Waals surface area contributed by atoms with E-state index in [4.69, 9.17) is 5.11 Å². The topological polar surface area (TPSA) is 74.7 Å². The number of anilines is 1. The van der Waals surface area contributed by atoms with E-state index in [-0.39, 0.29) is 5.75 Å². The van der Waals surface area contributed by atoms with Crippen LogP contribution in [-0.4, -0.2) is 31.8 Å². The minimum Gasteiger partial charge on any atom is -0.480 e. The highest BCUT2D eigenvalue weighted by atomic mass is 32.2. The van der Waals surface area contributed by atoms with Gasteiger partial charge in [-0.3, -0.25) is 9.10 Å².